The number of carbonyl (C=O) groups excluding carboxylic acids is 1. The Balaban J connectivity index is 1.80. The normalized spacial score (nSPS) is 24.1. The molecule has 0 saturated carbocycles. The number of carboxylic acid groups (broad SMARTS) is 1. The van der Waals surface area contributed by atoms with Crippen LogP contribution < -0.4 is 4.90 Å². The number of carbonyl (C=O) groups is 2. The molecule has 0 aromatic carbocycles. The minimum absolute atomic E-state index is 0.0606. The van der Waals surface area contributed by atoms with Gasteiger partial charge in [-0.2, -0.15) is 0 Å². The van der Waals surface area contributed by atoms with E-state index >= 15 is 0 Å². The highest BCUT2D eigenvalue weighted by Gasteiger charge is 2.55. The van der Waals surface area contributed by atoms with E-state index in [4.69, 9.17) is 0 Å². The second-order valence-corrected chi connectivity index (χ2v) is 6.33. The molecule has 1 aromatic heterocycles. The van der Waals surface area contributed by atoms with Gasteiger partial charge in [0.25, 0.3) is 0 Å². The number of hydrogen-bond donors (Lipinski definition) is 1. The Bertz CT molecular complexity index is 608. The van der Waals surface area contributed by atoms with Crippen molar-refractivity contribution in [3.05, 3.63) is 23.9 Å². The lowest BCUT2D eigenvalue weighted by Gasteiger charge is -2.45. The summed E-state index contributed by atoms with van der Waals surface area (Å²) >= 11 is 0. The van der Waals surface area contributed by atoms with Crippen LogP contribution in [0.5, 0.6) is 0 Å². The molecule has 2 fully saturated rings. The topological polar surface area (TPSA) is 73.7 Å². The molecule has 3 rings (SSSR count). The van der Waals surface area contributed by atoms with Gasteiger partial charge in [0.1, 0.15) is 5.82 Å². The highest BCUT2D eigenvalue weighted by atomic mass is 16.4. The Morgan fingerprint density at radius 3 is 2.68 bits per heavy atom. The number of pyridine rings is 1. The maximum Gasteiger partial charge on any atom is 0.309 e. The van der Waals surface area contributed by atoms with Crippen molar-refractivity contribution in [3.8, 4) is 0 Å². The van der Waals surface area contributed by atoms with Crippen LogP contribution in [-0.4, -0.2) is 52.5 Å². The van der Waals surface area contributed by atoms with E-state index < -0.39 is 17.4 Å². The Labute approximate surface area is 129 Å². The first kappa shape index (κ1) is 14.8. The summed E-state index contributed by atoms with van der Waals surface area (Å²) < 4.78 is 0. The maximum atomic E-state index is 12.0. The van der Waals surface area contributed by atoms with E-state index in [9.17, 15) is 14.7 Å². The average molecular weight is 303 g/mol. The summed E-state index contributed by atoms with van der Waals surface area (Å²) in [6.45, 7) is 3.47. The van der Waals surface area contributed by atoms with Crippen molar-refractivity contribution in [1.82, 2.24) is 9.88 Å². The minimum Gasteiger partial charge on any atom is -0.481 e. The number of likely N-dealkylation sites (tertiary alicyclic amines) is 1. The van der Waals surface area contributed by atoms with Crippen molar-refractivity contribution in [1.29, 1.82) is 0 Å². The van der Waals surface area contributed by atoms with Crippen molar-refractivity contribution in [2.45, 2.75) is 31.7 Å². The lowest BCUT2D eigenvalue weighted by Crippen LogP contribution is -2.56. The predicted octanol–water partition coefficient (Wildman–Crippen LogP) is 1.29. The zero-order valence-electron chi connectivity index (χ0n) is 13.0. The molecule has 6 heteroatoms. The second kappa shape index (κ2) is 5.26. The Hall–Kier alpha value is -2.11. The molecular weight excluding hydrogens is 282 g/mol. The Kier molecular flexibility index (Phi) is 3.54. The molecule has 2 aliphatic heterocycles. The molecule has 0 unspecified atom stereocenters. The molecule has 6 nitrogen and oxygen atoms in total. The SMILES string of the molecule is Cc1ccnc(N2CCC3(CC2)[C@H](C(=O)O)CC(=O)N3C)c1. The fourth-order valence-electron chi connectivity index (χ4n) is 3.80. The number of rotatable bonds is 2. The van der Waals surface area contributed by atoms with E-state index in [0.29, 0.717) is 12.8 Å². The number of hydrogen-bond acceptors (Lipinski definition) is 4. The molecule has 118 valence electrons. The van der Waals surface area contributed by atoms with Gasteiger partial charge >= 0.3 is 5.97 Å². The third kappa shape index (κ3) is 2.23. The molecule has 3 heterocycles. The Morgan fingerprint density at radius 2 is 2.09 bits per heavy atom. The molecule has 2 aliphatic rings. The number of aryl methyl sites for hydroxylation is 1. The van der Waals surface area contributed by atoms with Gasteiger partial charge in [0.2, 0.25) is 5.91 Å². The number of nitrogens with zero attached hydrogens (tertiary/aromatic N) is 3. The van der Waals surface area contributed by atoms with Crippen LogP contribution in [0.1, 0.15) is 24.8 Å². The largest absolute Gasteiger partial charge is 0.481 e. The molecule has 0 aliphatic carbocycles. The molecular formula is C16H21N3O3. The maximum absolute atomic E-state index is 12.0. The Morgan fingerprint density at radius 1 is 1.41 bits per heavy atom. The van der Waals surface area contributed by atoms with Gasteiger partial charge in [-0.15, -0.1) is 0 Å². The zero-order chi connectivity index (χ0) is 15.9. The summed E-state index contributed by atoms with van der Waals surface area (Å²) in [5.41, 5.74) is 0.616. The van der Waals surface area contributed by atoms with E-state index in [2.05, 4.69) is 9.88 Å². The van der Waals surface area contributed by atoms with Gasteiger partial charge in [0.15, 0.2) is 0 Å². The van der Waals surface area contributed by atoms with E-state index in [1.165, 1.54) is 0 Å². The predicted molar refractivity (Wildman–Crippen MR) is 81.7 cm³/mol. The van der Waals surface area contributed by atoms with Crippen LogP contribution in [0.15, 0.2) is 18.3 Å². The van der Waals surface area contributed by atoms with Crippen LogP contribution in [-0.2, 0) is 9.59 Å². The lowest BCUT2D eigenvalue weighted by atomic mass is 9.77. The van der Waals surface area contributed by atoms with Crippen LogP contribution in [0, 0.1) is 12.8 Å². The van der Waals surface area contributed by atoms with Gasteiger partial charge in [-0.05, 0) is 37.5 Å². The first-order chi connectivity index (χ1) is 10.4. The summed E-state index contributed by atoms with van der Waals surface area (Å²) in [4.78, 5) is 31.8. The monoisotopic (exact) mass is 303 g/mol. The van der Waals surface area contributed by atoms with Crippen molar-refractivity contribution >= 4 is 17.7 Å². The van der Waals surface area contributed by atoms with E-state index in [0.717, 1.165) is 24.5 Å². The van der Waals surface area contributed by atoms with Crippen LogP contribution in [0.2, 0.25) is 0 Å². The molecule has 1 spiro atoms. The highest BCUT2D eigenvalue weighted by Crippen LogP contribution is 2.43. The molecule has 0 bridgehead atoms. The zero-order valence-corrected chi connectivity index (χ0v) is 13.0. The highest BCUT2D eigenvalue weighted by molar-refractivity contribution is 5.88. The average Bonchev–Trinajstić information content (AvgIpc) is 2.74. The number of carboxylic acids is 1. The smallest absolute Gasteiger partial charge is 0.309 e. The number of piperidine rings is 1. The number of amides is 1. The third-order valence-electron chi connectivity index (χ3n) is 5.22. The molecule has 22 heavy (non-hydrogen) atoms. The molecule has 1 N–H and O–H groups in total. The first-order valence-corrected chi connectivity index (χ1v) is 7.61. The molecule has 1 atom stereocenters. The van der Waals surface area contributed by atoms with Gasteiger partial charge in [0, 0.05) is 32.8 Å². The number of aliphatic carboxylic acids is 1. The fraction of sp³-hybridized carbons (Fsp3) is 0.562. The quantitative estimate of drug-likeness (QED) is 0.891. The van der Waals surface area contributed by atoms with Crippen LogP contribution in [0.3, 0.4) is 0 Å². The van der Waals surface area contributed by atoms with Crippen LogP contribution in [0.4, 0.5) is 5.82 Å². The lowest BCUT2D eigenvalue weighted by molar-refractivity contribution is -0.145. The van der Waals surface area contributed by atoms with Crippen molar-refractivity contribution in [2.24, 2.45) is 5.92 Å². The molecule has 1 aromatic rings. The summed E-state index contributed by atoms with van der Waals surface area (Å²) in [5.74, 6) is -0.597. The second-order valence-electron chi connectivity index (χ2n) is 6.33. The van der Waals surface area contributed by atoms with Gasteiger partial charge in [-0.3, -0.25) is 9.59 Å². The summed E-state index contributed by atoms with van der Waals surface area (Å²) in [7, 11) is 1.74. The number of aromatic nitrogens is 1. The van der Waals surface area contributed by atoms with Gasteiger partial charge in [0.05, 0.1) is 11.5 Å². The third-order valence-corrected chi connectivity index (χ3v) is 5.22. The standard InChI is InChI=1S/C16H21N3O3/c1-11-3-6-17-13(9-11)19-7-4-16(5-8-19)12(15(21)22)10-14(20)18(16)2/h3,6,9,12H,4-5,7-8,10H2,1-2H3,(H,21,22)/t12-/m0/s1. The summed E-state index contributed by atoms with van der Waals surface area (Å²) in [6, 6.07) is 4.00. The molecule has 1 amide bonds. The summed E-state index contributed by atoms with van der Waals surface area (Å²) in [5, 5.41) is 9.48. The number of anilines is 1. The first-order valence-electron chi connectivity index (χ1n) is 7.61. The van der Waals surface area contributed by atoms with E-state index in [-0.39, 0.29) is 12.3 Å². The van der Waals surface area contributed by atoms with Crippen LogP contribution in [0.25, 0.3) is 0 Å². The van der Waals surface area contributed by atoms with Gasteiger partial charge in [-0.1, -0.05) is 0 Å². The van der Waals surface area contributed by atoms with Gasteiger partial charge < -0.3 is 14.9 Å². The molecule has 2 saturated heterocycles. The van der Waals surface area contributed by atoms with Crippen molar-refractivity contribution in [3.63, 3.8) is 0 Å². The molecule has 0 radical (unpaired) electrons. The van der Waals surface area contributed by atoms with E-state index in [1.807, 2.05) is 19.1 Å². The fourth-order valence-corrected chi connectivity index (χ4v) is 3.80. The minimum atomic E-state index is -0.861. The van der Waals surface area contributed by atoms with E-state index in [1.54, 1.807) is 18.1 Å². The van der Waals surface area contributed by atoms with Gasteiger partial charge in [-0.25, -0.2) is 4.98 Å². The van der Waals surface area contributed by atoms with Crippen molar-refractivity contribution in [2.75, 3.05) is 25.0 Å². The van der Waals surface area contributed by atoms with Crippen LogP contribution >= 0.6 is 0 Å². The van der Waals surface area contributed by atoms with Crippen molar-refractivity contribution < 1.29 is 14.7 Å². The summed E-state index contributed by atoms with van der Waals surface area (Å²) in [6.07, 6.45) is 3.25.